The highest BCUT2D eigenvalue weighted by Crippen LogP contribution is 2.22. The van der Waals surface area contributed by atoms with Crippen molar-refractivity contribution in [3.8, 4) is 0 Å². The molecule has 1 saturated heterocycles. The van der Waals surface area contributed by atoms with Gasteiger partial charge in [-0.2, -0.15) is 0 Å². The number of hydrogen-bond donors (Lipinski definition) is 2. The van der Waals surface area contributed by atoms with Crippen LogP contribution in [-0.4, -0.2) is 50.4 Å². The first kappa shape index (κ1) is 15.4. The number of thiazole rings is 1. The van der Waals surface area contributed by atoms with Crippen molar-refractivity contribution in [3.63, 3.8) is 0 Å². The van der Waals surface area contributed by atoms with Gasteiger partial charge in [-0.05, 0) is 12.8 Å². The Morgan fingerprint density at radius 2 is 2.00 bits per heavy atom. The minimum Gasteiger partial charge on any atom is -0.476 e. The Bertz CT molecular complexity index is 707. The van der Waals surface area contributed by atoms with Crippen LogP contribution in [0.1, 0.15) is 23.3 Å². The van der Waals surface area contributed by atoms with Crippen molar-refractivity contribution in [2.45, 2.75) is 23.1 Å². The second-order valence-electron chi connectivity index (χ2n) is 4.34. The molecular weight excluding hydrogens is 328 g/mol. The second-order valence-corrected chi connectivity index (χ2v) is 9.41. The number of sulfone groups is 1. The molecule has 0 amide bonds. The van der Waals surface area contributed by atoms with E-state index in [0.29, 0.717) is 11.3 Å². The zero-order valence-electron chi connectivity index (χ0n) is 10.1. The van der Waals surface area contributed by atoms with Crippen molar-refractivity contribution in [1.82, 2.24) is 9.71 Å². The molecule has 1 fully saturated rings. The fourth-order valence-electron chi connectivity index (χ4n) is 1.85. The van der Waals surface area contributed by atoms with Gasteiger partial charge in [0.25, 0.3) is 10.0 Å². The van der Waals surface area contributed by atoms with Crippen molar-refractivity contribution in [2.24, 2.45) is 0 Å². The van der Waals surface area contributed by atoms with Crippen LogP contribution in [0.2, 0.25) is 0 Å². The van der Waals surface area contributed by atoms with Gasteiger partial charge in [0.05, 0.1) is 17.0 Å². The highest BCUT2D eigenvalue weighted by molar-refractivity contribution is 7.92. The Morgan fingerprint density at radius 3 is 2.55 bits per heavy atom. The maximum absolute atomic E-state index is 12.1. The van der Waals surface area contributed by atoms with E-state index in [1.807, 2.05) is 0 Å². The Hall–Kier alpha value is -1.04. The molecule has 0 unspecified atom stereocenters. The summed E-state index contributed by atoms with van der Waals surface area (Å²) in [5.41, 5.74) is 0.620. The van der Waals surface area contributed by atoms with Crippen LogP contribution in [-0.2, 0) is 19.9 Å². The summed E-state index contributed by atoms with van der Waals surface area (Å²) in [6.07, 6.45) is 0.367. The fourth-order valence-corrected chi connectivity index (χ4v) is 5.80. The number of nitrogens with one attached hydrogen (secondary N) is 1. The summed E-state index contributed by atoms with van der Waals surface area (Å²) in [5, 5.41) is 8.86. The van der Waals surface area contributed by atoms with E-state index < -0.39 is 37.6 Å². The highest BCUT2D eigenvalue weighted by Gasteiger charge is 2.31. The summed E-state index contributed by atoms with van der Waals surface area (Å²) in [6, 6.07) is -0.507. The van der Waals surface area contributed by atoms with Gasteiger partial charge in [-0.1, -0.05) is 0 Å². The van der Waals surface area contributed by atoms with Crippen molar-refractivity contribution >= 4 is 37.2 Å². The van der Waals surface area contributed by atoms with Crippen molar-refractivity contribution in [3.05, 3.63) is 11.2 Å². The largest absolute Gasteiger partial charge is 0.476 e. The Balaban J connectivity index is 2.16. The lowest BCUT2D eigenvalue weighted by atomic mass is 10.2. The number of aromatic carboxylic acids is 1. The fraction of sp³-hybridized carbons (Fsp3) is 0.556. The summed E-state index contributed by atoms with van der Waals surface area (Å²) in [5.74, 6) is -1.57. The van der Waals surface area contributed by atoms with Gasteiger partial charge in [-0.15, -0.1) is 11.3 Å². The van der Waals surface area contributed by atoms with Gasteiger partial charge < -0.3 is 5.11 Å². The molecule has 1 aromatic rings. The third kappa shape index (κ3) is 3.34. The Kier molecular flexibility index (Phi) is 4.14. The predicted octanol–water partition coefficient (Wildman–Crippen LogP) is -0.303. The zero-order chi connectivity index (χ0) is 15.0. The number of aromatic nitrogens is 1. The van der Waals surface area contributed by atoms with Crippen LogP contribution in [0.15, 0.2) is 9.72 Å². The smallest absolute Gasteiger partial charge is 0.356 e. The van der Waals surface area contributed by atoms with Crippen LogP contribution in [0.3, 0.4) is 0 Å². The van der Waals surface area contributed by atoms with E-state index in [1.54, 1.807) is 0 Å². The van der Waals surface area contributed by atoms with E-state index in [1.165, 1.54) is 0 Å². The summed E-state index contributed by atoms with van der Waals surface area (Å²) in [4.78, 5) is 14.4. The van der Waals surface area contributed by atoms with Gasteiger partial charge >= 0.3 is 5.97 Å². The number of sulfonamides is 1. The molecule has 0 aromatic carbocycles. The normalized spacial score (nSPS) is 19.8. The maximum Gasteiger partial charge on any atom is 0.356 e. The van der Waals surface area contributed by atoms with Gasteiger partial charge in [-0.25, -0.2) is 31.3 Å². The van der Waals surface area contributed by atoms with Crippen LogP contribution < -0.4 is 4.72 Å². The van der Waals surface area contributed by atoms with E-state index >= 15 is 0 Å². The lowest BCUT2D eigenvalue weighted by molar-refractivity contribution is 0.0687. The molecule has 0 saturated carbocycles. The number of nitrogens with zero attached hydrogens (tertiary/aromatic N) is 1. The first-order valence-corrected chi connectivity index (χ1v) is 9.79. The number of hydrogen-bond acceptors (Lipinski definition) is 7. The van der Waals surface area contributed by atoms with Crippen LogP contribution in [0.5, 0.6) is 0 Å². The molecule has 11 heteroatoms. The van der Waals surface area contributed by atoms with Crippen LogP contribution in [0.4, 0.5) is 0 Å². The molecule has 8 nitrogen and oxygen atoms in total. The summed E-state index contributed by atoms with van der Waals surface area (Å²) in [6.45, 7) is 0. The molecule has 2 rings (SSSR count). The molecule has 0 atom stereocenters. The molecule has 1 aromatic heterocycles. The molecule has 2 N–H and O–H groups in total. The first-order valence-electron chi connectivity index (χ1n) is 5.61. The molecule has 0 bridgehead atoms. The monoisotopic (exact) mass is 340 g/mol. The van der Waals surface area contributed by atoms with Crippen molar-refractivity contribution < 1.29 is 26.7 Å². The maximum atomic E-state index is 12.1. The summed E-state index contributed by atoms with van der Waals surface area (Å²) >= 11 is 0.713. The third-order valence-corrected chi connectivity index (χ3v) is 7.46. The quantitative estimate of drug-likeness (QED) is 0.769. The minimum atomic E-state index is -4.00. The molecular formula is C9H12N2O6S3. The van der Waals surface area contributed by atoms with Gasteiger partial charge in [0, 0.05) is 6.04 Å². The number of carboxylic acid groups (broad SMARTS) is 1. The van der Waals surface area contributed by atoms with E-state index in [-0.39, 0.29) is 28.6 Å². The van der Waals surface area contributed by atoms with Gasteiger partial charge in [0.15, 0.2) is 9.90 Å². The van der Waals surface area contributed by atoms with Gasteiger partial charge in [-0.3, -0.25) is 0 Å². The lowest BCUT2D eigenvalue weighted by Crippen LogP contribution is -2.40. The number of carbonyl (C=O) groups is 1. The molecule has 0 radical (unpaired) electrons. The molecule has 20 heavy (non-hydrogen) atoms. The highest BCUT2D eigenvalue weighted by atomic mass is 32.2. The SMILES string of the molecule is O=C(O)c1ncsc1S(=O)(=O)NC1CCS(=O)(=O)CC1. The van der Waals surface area contributed by atoms with E-state index in [4.69, 9.17) is 5.11 Å². The Labute approximate surface area is 119 Å². The molecule has 1 aliphatic heterocycles. The van der Waals surface area contributed by atoms with Crippen LogP contribution in [0, 0.1) is 0 Å². The zero-order valence-corrected chi connectivity index (χ0v) is 12.6. The predicted molar refractivity (Wildman–Crippen MR) is 71.1 cm³/mol. The van der Waals surface area contributed by atoms with E-state index in [9.17, 15) is 21.6 Å². The first-order chi connectivity index (χ1) is 9.21. The molecule has 0 spiro atoms. The standard InChI is InChI=1S/C9H12N2O6S3/c12-8(13)7-9(18-5-10-7)20(16,17)11-6-1-3-19(14,15)4-2-6/h5-6,11H,1-4H2,(H,12,13). The second kappa shape index (κ2) is 5.39. The molecule has 1 aliphatic rings. The average molecular weight is 340 g/mol. The third-order valence-electron chi connectivity index (χ3n) is 2.86. The Morgan fingerprint density at radius 1 is 1.40 bits per heavy atom. The number of carboxylic acids is 1. The lowest BCUT2D eigenvalue weighted by Gasteiger charge is -2.22. The molecule has 2 heterocycles. The van der Waals surface area contributed by atoms with Gasteiger partial charge in [0.2, 0.25) is 0 Å². The molecule has 0 aliphatic carbocycles. The van der Waals surface area contributed by atoms with Gasteiger partial charge in [0.1, 0.15) is 9.84 Å². The minimum absolute atomic E-state index is 0.0747. The molecule has 112 valence electrons. The van der Waals surface area contributed by atoms with Crippen molar-refractivity contribution in [2.75, 3.05) is 11.5 Å². The van der Waals surface area contributed by atoms with Crippen LogP contribution in [0.25, 0.3) is 0 Å². The number of rotatable bonds is 4. The van der Waals surface area contributed by atoms with Crippen LogP contribution >= 0.6 is 11.3 Å². The summed E-state index contributed by atoms with van der Waals surface area (Å²) in [7, 11) is -7.08. The van der Waals surface area contributed by atoms with E-state index in [0.717, 1.165) is 5.51 Å². The van der Waals surface area contributed by atoms with Crippen molar-refractivity contribution in [1.29, 1.82) is 0 Å². The summed E-state index contributed by atoms with van der Waals surface area (Å²) < 4.78 is 48.7. The average Bonchev–Trinajstić information content (AvgIpc) is 2.82. The topological polar surface area (TPSA) is 130 Å². The van der Waals surface area contributed by atoms with E-state index in [2.05, 4.69) is 9.71 Å².